The number of unbranched alkanes of at least 4 members (excludes halogenated alkanes) is 2. The molecular formula is C11H26N2. The van der Waals surface area contributed by atoms with Gasteiger partial charge in [0, 0.05) is 19.1 Å². The molecule has 0 aliphatic carbocycles. The minimum Gasteiger partial charge on any atom is -0.318 e. The van der Waals surface area contributed by atoms with Crippen molar-refractivity contribution in [3.05, 3.63) is 0 Å². The van der Waals surface area contributed by atoms with E-state index in [1.54, 1.807) is 0 Å². The highest BCUT2D eigenvalue weighted by molar-refractivity contribution is 4.63. The third-order valence-electron chi connectivity index (χ3n) is 2.43. The lowest BCUT2D eigenvalue weighted by molar-refractivity contribution is 0.219. The normalized spacial score (nSPS) is 11.5. The Morgan fingerprint density at radius 2 is 1.85 bits per heavy atom. The highest BCUT2D eigenvalue weighted by Crippen LogP contribution is 2.02. The molecule has 0 aromatic carbocycles. The van der Waals surface area contributed by atoms with Gasteiger partial charge >= 0.3 is 0 Å². The van der Waals surface area contributed by atoms with Crippen LogP contribution in [0.1, 0.15) is 40.0 Å². The first kappa shape index (κ1) is 12.9. The quantitative estimate of drug-likeness (QED) is 0.584. The molecule has 0 atom stereocenters. The minimum absolute atomic E-state index is 0.685. The third-order valence-corrected chi connectivity index (χ3v) is 2.43. The van der Waals surface area contributed by atoms with Gasteiger partial charge in [-0.2, -0.15) is 0 Å². The highest BCUT2D eigenvalue weighted by atomic mass is 15.2. The summed E-state index contributed by atoms with van der Waals surface area (Å²) in [6.07, 6.45) is 4.03. The average Bonchev–Trinajstić information content (AvgIpc) is 2.10. The molecular weight excluding hydrogens is 160 g/mol. The van der Waals surface area contributed by atoms with Gasteiger partial charge in [-0.15, -0.1) is 0 Å². The smallest absolute Gasteiger partial charge is 0.0109 e. The van der Waals surface area contributed by atoms with E-state index in [4.69, 9.17) is 0 Å². The maximum absolute atomic E-state index is 3.20. The zero-order chi connectivity index (χ0) is 10.1. The van der Waals surface area contributed by atoms with Crippen LogP contribution in [0.25, 0.3) is 0 Å². The molecule has 0 rings (SSSR count). The van der Waals surface area contributed by atoms with Crippen LogP contribution in [0, 0.1) is 0 Å². The largest absolute Gasteiger partial charge is 0.318 e. The van der Waals surface area contributed by atoms with Crippen molar-refractivity contribution < 1.29 is 0 Å². The van der Waals surface area contributed by atoms with Crippen LogP contribution in [0.5, 0.6) is 0 Å². The maximum Gasteiger partial charge on any atom is 0.0109 e. The molecule has 0 heterocycles. The number of nitrogens with zero attached hydrogens (tertiary/aromatic N) is 1. The van der Waals surface area contributed by atoms with Gasteiger partial charge in [-0.1, -0.05) is 19.8 Å². The summed E-state index contributed by atoms with van der Waals surface area (Å²) >= 11 is 0. The fourth-order valence-electron chi connectivity index (χ4n) is 1.45. The van der Waals surface area contributed by atoms with Crippen molar-refractivity contribution >= 4 is 0 Å². The average molecular weight is 186 g/mol. The molecule has 0 aliphatic rings. The van der Waals surface area contributed by atoms with E-state index in [0.29, 0.717) is 6.04 Å². The van der Waals surface area contributed by atoms with Crippen molar-refractivity contribution in [1.82, 2.24) is 10.2 Å². The van der Waals surface area contributed by atoms with E-state index in [9.17, 15) is 0 Å². The molecule has 0 aliphatic heterocycles. The first-order valence-electron chi connectivity index (χ1n) is 5.61. The van der Waals surface area contributed by atoms with Crippen molar-refractivity contribution in [3.63, 3.8) is 0 Å². The molecule has 13 heavy (non-hydrogen) atoms. The predicted molar refractivity (Wildman–Crippen MR) is 60.2 cm³/mol. The Labute approximate surface area is 83.7 Å². The Balaban J connectivity index is 3.54. The number of nitrogens with one attached hydrogen (secondary N) is 1. The van der Waals surface area contributed by atoms with Crippen LogP contribution in [-0.4, -0.2) is 37.6 Å². The van der Waals surface area contributed by atoms with Crippen molar-refractivity contribution in [2.45, 2.75) is 46.1 Å². The lowest BCUT2D eigenvalue weighted by Crippen LogP contribution is -2.36. The fourth-order valence-corrected chi connectivity index (χ4v) is 1.45. The van der Waals surface area contributed by atoms with Crippen LogP contribution < -0.4 is 5.32 Å². The number of hydrogen-bond acceptors (Lipinski definition) is 2. The van der Waals surface area contributed by atoms with Gasteiger partial charge in [-0.05, 0) is 33.9 Å². The standard InChI is InChI=1S/C11H26N2/c1-5-6-7-9-13(11(2)3)10-8-12-4/h11-12H,5-10H2,1-4H3. The fraction of sp³-hybridized carbons (Fsp3) is 1.00. The molecule has 1 N–H and O–H groups in total. The van der Waals surface area contributed by atoms with Crippen molar-refractivity contribution in [3.8, 4) is 0 Å². The van der Waals surface area contributed by atoms with Crippen LogP contribution in [0.3, 0.4) is 0 Å². The molecule has 2 heteroatoms. The summed E-state index contributed by atoms with van der Waals surface area (Å²) in [7, 11) is 2.02. The number of hydrogen-bond donors (Lipinski definition) is 1. The van der Waals surface area contributed by atoms with Crippen molar-refractivity contribution in [1.29, 1.82) is 0 Å². The molecule has 0 unspecified atom stereocenters. The Morgan fingerprint density at radius 1 is 1.15 bits per heavy atom. The summed E-state index contributed by atoms with van der Waals surface area (Å²) in [5, 5.41) is 3.20. The molecule has 0 amide bonds. The van der Waals surface area contributed by atoms with Gasteiger partial charge < -0.3 is 5.32 Å². The molecule has 0 saturated carbocycles. The molecule has 0 aromatic rings. The second kappa shape index (κ2) is 8.52. The van der Waals surface area contributed by atoms with Gasteiger partial charge in [0.15, 0.2) is 0 Å². The topological polar surface area (TPSA) is 15.3 Å². The molecule has 2 nitrogen and oxygen atoms in total. The van der Waals surface area contributed by atoms with Gasteiger partial charge in [0.2, 0.25) is 0 Å². The maximum atomic E-state index is 3.20. The van der Waals surface area contributed by atoms with Gasteiger partial charge in [0.25, 0.3) is 0 Å². The Morgan fingerprint density at radius 3 is 2.31 bits per heavy atom. The van der Waals surface area contributed by atoms with Gasteiger partial charge in [0.05, 0.1) is 0 Å². The molecule has 80 valence electrons. The summed E-state index contributed by atoms with van der Waals surface area (Å²) in [4.78, 5) is 2.55. The summed E-state index contributed by atoms with van der Waals surface area (Å²) in [5.74, 6) is 0. The van der Waals surface area contributed by atoms with Gasteiger partial charge in [-0.3, -0.25) is 4.90 Å². The zero-order valence-corrected chi connectivity index (χ0v) is 9.77. The van der Waals surface area contributed by atoms with E-state index in [-0.39, 0.29) is 0 Å². The molecule has 0 bridgehead atoms. The van der Waals surface area contributed by atoms with Crippen molar-refractivity contribution in [2.75, 3.05) is 26.7 Å². The van der Waals surface area contributed by atoms with E-state index in [0.717, 1.165) is 6.54 Å². The molecule has 0 saturated heterocycles. The zero-order valence-electron chi connectivity index (χ0n) is 9.77. The Bertz CT molecular complexity index is 102. The van der Waals surface area contributed by atoms with E-state index < -0.39 is 0 Å². The van der Waals surface area contributed by atoms with Gasteiger partial charge in [0.1, 0.15) is 0 Å². The van der Waals surface area contributed by atoms with E-state index in [2.05, 4.69) is 31.0 Å². The van der Waals surface area contributed by atoms with Gasteiger partial charge in [-0.25, -0.2) is 0 Å². The summed E-state index contributed by atoms with van der Waals surface area (Å²) in [6, 6.07) is 0.685. The second-order valence-electron chi connectivity index (χ2n) is 3.94. The lowest BCUT2D eigenvalue weighted by atomic mass is 10.2. The summed E-state index contributed by atoms with van der Waals surface area (Å²) in [6.45, 7) is 10.4. The minimum atomic E-state index is 0.685. The number of rotatable bonds is 8. The second-order valence-corrected chi connectivity index (χ2v) is 3.94. The Kier molecular flexibility index (Phi) is 8.46. The molecule has 0 aromatic heterocycles. The summed E-state index contributed by atoms with van der Waals surface area (Å²) in [5.41, 5.74) is 0. The van der Waals surface area contributed by atoms with Crippen LogP contribution in [-0.2, 0) is 0 Å². The number of likely N-dealkylation sites (N-methyl/N-ethyl adjacent to an activating group) is 1. The molecule has 0 spiro atoms. The monoisotopic (exact) mass is 186 g/mol. The first-order chi connectivity index (χ1) is 6.22. The summed E-state index contributed by atoms with van der Waals surface area (Å²) < 4.78 is 0. The third kappa shape index (κ3) is 7.03. The van der Waals surface area contributed by atoms with Crippen LogP contribution in [0.2, 0.25) is 0 Å². The van der Waals surface area contributed by atoms with Crippen LogP contribution in [0.15, 0.2) is 0 Å². The van der Waals surface area contributed by atoms with E-state index in [1.807, 2.05) is 7.05 Å². The van der Waals surface area contributed by atoms with E-state index >= 15 is 0 Å². The van der Waals surface area contributed by atoms with Crippen molar-refractivity contribution in [2.24, 2.45) is 0 Å². The molecule has 0 radical (unpaired) electrons. The predicted octanol–water partition coefficient (Wildman–Crippen LogP) is 2.11. The molecule has 0 fully saturated rings. The Hall–Kier alpha value is -0.0800. The van der Waals surface area contributed by atoms with Crippen LogP contribution in [0.4, 0.5) is 0 Å². The van der Waals surface area contributed by atoms with Crippen LogP contribution >= 0.6 is 0 Å². The first-order valence-corrected chi connectivity index (χ1v) is 5.61. The SMILES string of the molecule is CCCCCN(CCNC)C(C)C. The van der Waals surface area contributed by atoms with E-state index in [1.165, 1.54) is 32.4 Å². The lowest BCUT2D eigenvalue weighted by Gasteiger charge is -2.26. The highest BCUT2D eigenvalue weighted by Gasteiger charge is 2.06.